The van der Waals surface area contributed by atoms with Gasteiger partial charge in [0.25, 0.3) is 0 Å². The first-order valence-corrected chi connectivity index (χ1v) is 6.54. The molecule has 1 aliphatic heterocycles. The lowest BCUT2D eigenvalue weighted by Crippen LogP contribution is -2.44. The Morgan fingerprint density at radius 1 is 1.56 bits per heavy atom. The smallest absolute Gasteiger partial charge is 0.223 e. The predicted molar refractivity (Wildman–Crippen MR) is 71.4 cm³/mol. The Balaban J connectivity index is 2.67. The largest absolute Gasteiger partial charge is 0.409 e. The van der Waals surface area contributed by atoms with Crippen LogP contribution < -0.4 is 5.73 Å². The fraction of sp³-hybridized carbons (Fsp3) is 0.846. The molecule has 2 atom stereocenters. The van der Waals surface area contributed by atoms with Gasteiger partial charge in [0.1, 0.15) is 0 Å². The van der Waals surface area contributed by atoms with Gasteiger partial charge in [0.05, 0.1) is 6.04 Å². The molecular formula is C13H25N3O2. The number of amides is 1. The van der Waals surface area contributed by atoms with Crippen molar-refractivity contribution >= 4 is 11.7 Å². The standard InChI is InChI=1S/C13H25N3O2/c1-9(13(2,3)4)8-11(17)16-7-5-6-10(16)12(14)15-18/h9-10,18H,5-8H2,1-4H3,(H2,14,15). The highest BCUT2D eigenvalue weighted by molar-refractivity contribution is 5.90. The zero-order valence-corrected chi connectivity index (χ0v) is 11.8. The SMILES string of the molecule is CC(CC(=O)N1CCCC1C(N)=NO)C(C)(C)C. The first kappa shape index (κ1) is 14.8. The molecule has 5 nitrogen and oxygen atoms in total. The van der Waals surface area contributed by atoms with Crippen LogP contribution in [-0.2, 0) is 4.79 Å². The third-order valence-electron chi connectivity index (χ3n) is 3.99. The molecular weight excluding hydrogens is 230 g/mol. The van der Waals surface area contributed by atoms with E-state index in [-0.39, 0.29) is 23.2 Å². The van der Waals surface area contributed by atoms with Gasteiger partial charge in [-0.3, -0.25) is 4.79 Å². The first-order valence-electron chi connectivity index (χ1n) is 6.54. The molecule has 1 rings (SSSR count). The number of carbonyl (C=O) groups excluding carboxylic acids is 1. The Hall–Kier alpha value is -1.26. The summed E-state index contributed by atoms with van der Waals surface area (Å²) < 4.78 is 0. The molecule has 18 heavy (non-hydrogen) atoms. The number of hydrogen-bond donors (Lipinski definition) is 2. The molecule has 0 radical (unpaired) electrons. The zero-order valence-electron chi connectivity index (χ0n) is 11.8. The number of nitrogens with zero attached hydrogens (tertiary/aromatic N) is 2. The molecule has 1 heterocycles. The van der Waals surface area contributed by atoms with Crippen LogP contribution in [0.4, 0.5) is 0 Å². The maximum atomic E-state index is 12.3. The van der Waals surface area contributed by atoms with Crippen LogP contribution in [0.3, 0.4) is 0 Å². The molecule has 5 heteroatoms. The van der Waals surface area contributed by atoms with Gasteiger partial charge in [-0.1, -0.05) is 32.9 Å². The number of likely N-dealkylation sites (tertiary alicyclic amines) is 1. The molecule has 0 bridgehead atoms. The topological polar surface area (TPSA) is 78.9 Å². The summed E-state index contributed by atoms with van der Waals surface area (Å²) in [6.45, 7) is 9.20. The Morgan fingerprint density at radius 2 is 2.17 bits per heavy atom. The van der Waals surface area contributed by atoms with E-state index < -0.39 is 0 Å². The molecule has 3 N–H and O–H groups in total. The van der Waals surface area contributed by atoms with Crippen LogP contribution in [0.15, 0.2) is 5.16 Å². The minimum absolute atomic E-state index is 0.103. The highest BCUT2D eigenvalue weighted by Crippen LogP contribution is 2.29. The van der Waals surface area contributed by atoms with E-state index in [0.29, 0.717) is 18.9 Å². The molecule has 104 valence electrons. The van der Waals surface area contributed by atoms with E-state index in [0.717, 1.165) is 12.8 Å². The van der Waals surface area contributed by atoms with Gasteiger partial charge < -0.3 is 15.8 Å². The van der Waals surface area contributed by atoms with Crippen LogP contribution in [-0.4, -0.2) is 34.4 Å². The van der Waals surface area contributed by atoms with Crippen molar-refractivity contribution in [1.29, 1.82) is 0 Å². The van der Waals surface area contributed by atoms with E-state index >= 15 is 0 Å². The summed E-state index contributed by atoms with van der Waals surface area (Å²) in [6.07, 6.45) is 2.21. The monoisotopic (exact) mass is 255 g/mol. The summed E-state index contributed by atoms with van der Waals surface area (Å²) in [5, 5.41) is 11.8. The third kappa shape index (κ3) is 3.37. The number of amidine groups is 1. The van der Waals surface area contributed by atoms with Gasteiger partial charge in [0.2, 0.25) is 5.91 Å². The predicted octanol–water partition coefficient (Wildman–Crippen LogP) is 1.80. The van der Waals surface area contributed by atoms with E-state index in [1.165, 1.54) is 0 Å². The summed E-state index contributed by atoms with van der Waals surface area (Å²) >= 11 is 0. The summed E-state index contributed by atoms with van der Waals surface area (Å²) in [7, 11) is 0. The third-order valence-corrected chi connectivity index (χ3v) is 3.99. The van der Waals surface area contributed by atoms with Crippen molar-refractivity contribution in [3.05, 3.63) is 0 Å². The molecule has 1 amide bonds. The summed E-state index contributed by atoms with van der Waals surface area (Å²) in [5.74, 6) is 0.550. The quantitative estimate of drug-likeness (QED) is 0.349. The number of nitrogens with two attached hydrogens (primary N) is 1. The molecule has 0 aromatic rings. The van der Waals surface area contributed by atoms with Gasteiger partial charge in [-0.25, -0.2) is 0 Å². The zero-order chi connectivity index (χ0) is 13.9. The van der Waals surface area contributed by atoms with Gasteiger partial charge >= 0.3 is 0 Å². The fourth-order valence-electron chi connectivity index (χ4n) is 2.12. The van der Waals surface area contributed by atoms with E-state index in [9.17, 15) is 4.79 Å². The molecule has 0 aliphatic carbocycles. The van der Waals surface area contributed by atoms with Crippen molar-refractivity contribution in [2.45, 2.75) is 53.0 Å². The van der Waals surface area contributed by atoms with Gasteiger partial charge in [-0.2, -0.15) is 0 Å². The van der Waals surface area contributed by atoms with Crippen molar-refractivity contribution in [1.82, 2.24) is 4.90 Å². The molecule has 1 fully saturated rings. The lowest BCUT2D eigenvalue weighted by molar-refractivity contribution is -0.132. The number of hydrogen-bond acceptors (Lipinski definition) is 3. The second-order valence-electron chi connectivity index (χ2n) is 6.24. The highest BCUT2D eigenvalue weighted by atomic mass is 16.4. The van der Waals surface area contributed by atoms with Crippen LogP contribution in [0.5, 0.6) is 0 Å². The number of rotatable bonds is 3. The first-order chi connectivity index (χ1) is 8.27. The second-order valence-corrected chi connectivity index (χ2v) is 6.24. The molecule has 1 aliphatic rings. The Bertz CT molecular complexity index is 334. The fourth-order valence-corrected chi connectivity index (χ4v) is 2.12. The van der Waals surface area contributed by atoms with Crippen LogP contribution in [0.2, 0.25) is 0 Å². The van der Waals surface area contributed by atoms with Crippen molar-refractivity contribution in [3.8, 4) is 0 Å². The minimum atomic E-state index is -0.227. The van der Waals surface area contributed by atoms with E-state index in [1.54, 1.807) is 4.90 Å². The van der Waals surface area contributed by atoms with Gasteiger partial charge in [-0.15, -0.1) is 0 Å². The number of oxime groups is 1. The summed E-state index contributed by atoms with van der Waals surface area (Å²) in [6, 6.07) is -0.227. The van der Waals surface area contributed by atoms with E-state index in [1.807, 2.05) is 0 Å². The molecule has 0 saturated carbocycles. The van der Waals surface area contributed by atoms with Gasteiger partial charge in [-0.05, 0) is 24.2 Å². The Kier molecular flexibility index (Phi) is 4.59. The van der Waals surface area contributed by atoms with Crippen molar-refractivity contribution in [2.24, 2.45) is 22.2 Å². The van der Waals surface area contributed by atoms with Gasteiger partial charge in [0, 0.05) is 13.0 Å². The van der Waals surface area contributed by atoms with Crippen molar-refractivity contribution < 1.29 is 10.0 Å². The molecule has 1 saturated heterocycles. The summed E-state index contributed by atoms with van der Waals surface area (Å²) in [4.78, 5) is 14.0. The normalized spacial score (nSPS) is 23.2. The maximum Gasteiger partial charge on any atom is 0.223 e. The molecule has 0 aromatic carbocycles. The Labute approximate surface area is 109 Å². The average molecular weight is 255 g/mol. The van der Waals surface area contributed by atoms with Crippen molar-refractivity contribution in [3.63, 3.8) is 0 Å². The lowest BCUT2D eigenvalue weighted by atomic mass is 9.80. The summed E-state index contributed by atoms with van der Waals surface area (Å²) in [5.41, 5.74) is 5.74. The van der Waals surface area contributed by atoms with E-state index in [4.69, 9.17) is 10.9 Å². The van der Waals surface area contributed by atoms with Crippen LogP contribution >= 0.6 is 0 Å². The number of carbonyl (C=O) groups is 1. The molecule has 2 unspecified atom stereocenters. The molecule has 0 spiro atoms. The second kappa shape index (κ2) is 5.59. The maximum absolute atomic E-state index is 12.3. The van der Waals surface area contributed by atoms with Crippen LogP contribution in [0.1, 0.15) is 47.0 Å². The molecule has 0 aromatic heterocycles. The minimum Gasteiger partial charge on any atom is -0.409 e. The highest BCUT2D eigenvalue weighted by Gasteiger charge is 2.33. The Morgan fingerprint density at radius 3 is 2.67 bits per heavy atom. The van der Waals surface area contributed by atoms with Crippen LogP contribution in [0, 0.1) is 11.3 Å². The van der Waals surface area contributed by atoms with Gasteiger partial charge in [0.15, 0.2) is 5.84 Å². The van der Waals surface area contributed by atoms with Crippen molar-refractivity contribution in [2.75, 3.05) is 6.54 Å². The van der Waals surface area contributed by atoms with Crippen LogP contribution in [0.25, 0.3) is 0 Å². The average Bonchev–Trinajstić information content (AvgIpc) is 2.75. The van der Waals surface area contributed by atoms with E-state index in [2.05, 4.69) is 32.9 Å². The lowest BCUT2D eigenvalue weighted by Gasteiger charge is -2.30.